The number of benzene rings is 1. The van der Waals surface area contributed by atoms with Crippen molar-refractivity contribution in [1.29, 1.82) is 0 Å². The highest BCUT2D eigenvalue weighted by molar-refractivity contribution is 5.95. The molecule has 0 unspecified atom stereocenters. The first-order valence-corrected chi connectivity index (χ1v) is 6.15. The summed E-state index contributed by atoms with van der Waals surface area (Å²) in [4.78, 5) is 13.4. The van der Waals surface area contributed by atoms with E-state index in [9.17, 15) is 4.79 Å². The number of amides is 1. The van der Waals surface area contributed by atoms with E-state index in [1.807, 2.05) is 29.2 Å². The molecule has 4 heteroatoms. The molecule has 1 heterocycles. The van der Waals surface area contributed by atoms with E-state index in [-0.39, 0.29) is 5.91 Å². The van der Waals surface area contributed by atoms with Gasteiger partial charge in [0.2, 0.25) is 5.91 Å². The standard InChI is InChI=1S/C13H19N3O/c14-8-2-9-15-11-4-6-12(7-5-11)16-10-1-3-13(16)17/h4-7,15H,1-3,8-10,14H2. The molecule has 92 valence electrons. The number of nitrogens with two attached hydrogens (primary N) is 1. The van der Waals surface area contributed by atoms with Gasteiger partial charge < -0.3 is 16.0 Å². The third-order valence-electron chi connectivity index (χ3n) is 2.96. The van der Waals surface area contributed by atoms with Crippen molar-refractivity contribution in [3.05, 3.63) is 24.3 Å². The predicted molar refractivity (Wildman–Crippen MR) is 70.2 cm³/mol. The minimum absolute atomic E-state index is 0.230. The highest BCUT2D eigenvalue weighted by atomic mass is 16.2. The summed E-state index contributed by atoms with van der Waals surface area (Å²) in [5.41, 5.74) is 7.51. The van der Waals surface area contributed by atoms with Crippen LogP contribution >= 0.6 is 0 Å². The van der Waals surface area contributed by atoms with E-state index in [1.54, 1.807) is 0 Å². The Morgan fingerprint density at radius 3 is 2.65 bits per heavy atom. The number of nitrogens with one attached hydrogen (secondary N) is 1. The minimum atomic E-state index is 0.230. The fourth-order valence-electron chi connectivity index (χ4n) is 2.02. The molecule has 0 radical (unpaired) electrons. The van der Waals surface area contributed by atoms with Gasteiger partial charge in [0.05, 0.1) is 0 Å². The molecule has 0 saturated carbocycles. The second kappa shape index (κ2) is 5.68. The van der Waals surface area contributed by atoms with Crippen molar-refractivity contribution in [2.75, 3.05) is 29.9 Å². The molecular formula is C13H19N3O. The average molecular weight is 233 g/mol. The van der Waals surface area contributed by atoms with Crippen molar-refractivity contribution in [3.63, 3.8) is 0 Å². The van der Waals surface area contributed by atoms with Crippen LogP contribution in [-0.4, -0.2) is 25.5 Å². The first-order chi connectivity index (χ1) is 8.31. The maximum Gasteiger partial charge on any atom is 0.227 e. The molecule has 17 heavy (non-hydrogen) atoms. The van der Waals surface area contributed by atoms with Gasteiger partial charge in [0.1, 0.15) is 0 Å². The van der Waals surface area contributed by atoms with E-state index in [1.165, 1.54) is 0 Å². The van der Waals surface area contributed by atoms with E-state index in [0.717, 1.165) is 37.3 Å². The van der Waals surface area contributed by atoms with Gasteiger partial charge in [0.25, 0.3) is 0 Å². The van der Waals surface area contributed by atoms with E-state index >= 15 is 0 Å². The zero-order valence-corrected chi connectivity index (χ0v) is 9.98. The highest BCUT2D eigenvalue weighted by Crippen LogP contribution is 2.22. The van der Waals surface area contributed by atoms with Gasteiger partial charge in [0.15, 0.2) is 0 Å². The summed E-state index contributed by atoms with van der Waals surface area (Å²) >= 11 is 0. The number of rotatable bonds is 5. The lowest BCUT2D eigenvalue weighted by Gasteiger charge is -2.16. The van der Waals surface area contributed by atoms with Gasteiger partial charge in [0, 0.05) is 30.9 Å². The van der Waals surface area contributed by atoms with Crippen LogP contribution in [0.3, 0.4) is 0 Å². The Labute approximate surface area is 102 Å². The molecular weight excluding hydrogens is 214 g/mol. The Kier molecular flexibility index (Phi) is 3.98. The molecule has 0 aliphatic carbocycles. The molecule has 0 aromatic heterocycles. The van der Waals surface area contributed by atoms with E-state index < -0.39 is 0 Å². The zero-order valence-electron chi connectivity index (χ0n) is 9.98. The van der Waals surface area contributed by atoms with Crippen LogP contribution < -0.4 is 16.0 Å². The Bertz CT molecular complexity index is 375. The Balaban J connectivity index is 1.95. The fourth-order valence-corrected chi connectivity index (χ4v) is 2.02. The molecule has 1 aromatic carbocycles. The third kappa shape index (κ3) is 2.97. The van der Waals surface area contributed by atoms with Crippen molar-refractivity contribution >= 4 is 17.3 Å². The third-order valence-corrected chi connectivity index (χ3v) is 2.96. The van der Waals surface area contributed by atoms with Gasteiger partial charge >= 0.3 is 0 Å². The molecule has 3 N–H and O–H groups in total. The highest BCUT2D eigenvalue weighted by Gasteiger charge is 2.21. The predicted octanol–water partition coefficient (Wildman–Crippen LogP) is 1.57. The van der Waals surface area contributed by atoms with Crippen LogP contribution in [0.25, 0.3) is 0 Å². The van der Waals surface area contributed by atoms with Crippen molar-refractivity contribution < 1.29 is 4.79 Å². The molecule has 1 amide bonds. The van der Waals surface area contributed by atoms with Crippen molar-refractivity contribution in [1.82, 2.24) is 0 Å². The topological polar surface area (TPSA) is 58.4 Å². The summed E-state index contributed by atoms with van der Waals surface area (Å²) in [5, 5.41) is 3.29. The van der Waals surface area contributed by atoms with Crippen LogP contribution in [0.4, 0.5) is 11.4 Å². The maximum absolute atomic E-state index is 11.6. The molecule has 1 saturated heterocycles. The molecule has 0 bridgehead atoms. The summed E-state index contributed by atoms with van der Waals surface area (Å²) in [5.74, 6) is 0.230. The van der Waals surface area contributed by atoms with E-state index in [0.29, 0.717) is 13.0 Å². The van der Waals surface area contributed by atoms with Gasteiger partial charge in [-0.3, -0.25) is 4.79 Å². The lowest BCUT2D eigenvalue weighted by molar-refractivity contribution is -0.117. The Morgan fingerprint density at radius 1 is 1.29 bits per heavy atom. The lowest BCUT2D eigenvalue weighted by Crippen LogP contribution is -2.23. The Morgan fingerprint density at radius 2 is 2.06 bits per heavy atom. The van der Waals surface area contributed by atoms with Crippen LogP contribution in [0, 0.1) is 0 Å². The summed E-state index contributed by atoms with van der Waals surface area (Å²) < 4.78 is 0. The monoisotopic (exact) mass is 233 g/mol. The molecule has 1 aliphatic rings. The average Bonchev–Trinajstić information content (AvgIpc) is 2.77. The first kappa shape index (κ1) is 11.9. The summed E-state index contributed by atoms with van der Waals surface area (Å²) in [6.45, 7) is 2.44. The van der Waals surface area contributed by atoms with Gasteiger partial charge in [-0.25, -0.2) is 0 Å². The second-order valence-corrected chi connectivity index (χ2v) is 4.26. The second-order valence-electron chi connectivity index (χ2n) is 4.26. The molecule has 2 rings (SSSR count). The molecule has 1 fully saturated rings. The molecule has 1 aromatic rings. The number of nitrogens with zero attached hydrogens (tertiary/aromatic N) is 1. The molecule has 0 spiro atoms. The van der Waals surface area contributed by atoms with Crippen LogP contribution in [-0.2, 0) is 4.79 Å². The smallest absolute Gasteiger partial charge is 0.227 e. The maximum atomic E-state index is 11.6. The van der Waals surface area contributed by atoms with Crippen LogP contribution in [0.15, 0.2) is 24.3 Å². The molecule has 0 atom stereocenters. The van der Waals surface area contributed by atoms with Gasteiger partial charge in [-0.05, 0) is 43.7 Å². The van der Waals surface area contributed by atoms with Crippen LogP contribution in [0.2, 0.25) is 0 Å². The SMILES string of the molecule is NCCCNc1ccc(N2CCCC2=O)cc1. The Hall–Kier alpha value is -1.55. The zero-order chi connectivity index (χ0) is 12.1. The number of hydrogen-bond acceptors (Lipinski definition) is 3. The first-order valence-electron chi connectivity index (χ1n) is 6.15. The summed E-state index contributed by atoms with van der Waals surface area (Å²) in [6.07, 6.45) is 2.61. The number of hydrogen-bond donors (Lipinski definition) is 2. The largest absolute Gasteiger partial charge is 0.385 e. The van der Waals surface area contributed by atoms with E-state index in [2.05, 4.69) is 5.32 Å². The summed E-state index contributed by atoms with van der Waals surface area (Å²) in [7, 11) is 0. The van der Waals surface area contributed by atoms with Crippen LogP contribution in [0.5, 0.6) is 0 Å². The normalized spacial score (nSPS) is 15.4. The lowest BCUT2D eigenvalue weighted by atomic mass is 10.2. The van der Waals surface area contributed by atoms with Gasteiger partial charge in [-0.2, -0.15) is 0 Å². The minimum Gasteiger partial charge on any atom is -0.385 e. The van der Waals surface area contributed by atoms with Crippen molar-refractivity contribution in [3.8, 4) is 0 Å². The molecule has 1 aliphatic heterocycles. The molecule has 4 nitrogen and oxygen atoms in total. The van der Waals surface area contributed by atoms with E-state index in [4.69, 9.17) is 5.73 Å². The number of carbonyl (C=O) groups excluding carboxylic acids is 1. The fraction of sp³-hybridized carbons (Fsp3) is 0.462. The van der Waals surface area contributed by atoms with Crippen LogP contribution in [0.1, 0.15) is 19.3 Å². The number of carbonyl (C=O) groups is 1. The van der Waals surface area contributed by atoms with Crippen molar-refractivity contribution in [2.45, 2.75) is 19.3 Å². The van der Waals surface area contributed by atoms with Crippen molar-refractivity contribution in [2.24, 2.45) is 5.73 Å². The summed E-state index contributed by atoms with van der Waals surface area (Å²) in [6, 6.07) is 8.01. The number of anilines is 2. The van der Waals surface area contributed by atoms with Gasteiger partial charge in [-0.15, -0.1) is 0 Å². The van der Waals surface area contributed by atoms with Gasteiger partial charge in [-0.1, -0.05) is 0 Å². The quantitative estimate of drug-likeness (QED) is 0.759.